The van der Waals surface area contributed by atoms with Gasteiger partial charge in [-0.2, -0.15) is 10.4 Å². The van der Waals surface area contributed by atoms with Crippen LogP contribution in [0, 0.1) is 11.3 Å². The van der Waals surface area contributed by atoms with Gasteiger partial charge in [0.1, 0.15) is 17.6 Å². The van der Waals surface area contributed by atoms with Crippen molar-refractivity contribution in [3.63, 3.8) is 0 Å². The zero-order valence-electron chi connectivity index (χ0n) is 17.8. The summed E-state index contributed by atoms with van der Waals surface area (Å²) in [6, 6.07) is 19.6. The Morgan fingerprint density at radius 2 is 2.00 bits per heavy atom. The number of nitrogens with zero attached hydrogens (tertiary/aromatic N) is 4. The molecular formula is C25H22N6OS. The van der Waals surface area contributed by atoms with Crippen LogP contribution in [0.3, 0.4) is 0 Å². The van der Waals surface area contributed by atoms with E-state index in [0.717, 1.165) is 21.7 Å². The molecule has 0 saturated carbocycles. The first kappa shape index (κ1) is 22.0. The molecule has 0 saturated heterocycles. The molecule has 0 fully saturated rings. The molecule has 0 aliphatic carbocycles. The van der Waals surface area contributed by atoms with Gasteiger partial charge in [-0.25, -0.2) is 4.98 Å². The Balaban J connectivity index is 1.38. The fourth-order valence-corrected chi connectivity index (χ4v) is 3.97. The van der Waals surface area contributed by atoms with E-state index in [1.807, 2.05) is 46.6 Å². The minimum Gasteiger partial charge on any atom is -0.367 e. The summed E-state index contributed by atoms with van der Waals surface area (Å²) in [4.78, 5) is 17.5. The lowest BCUT2D eigenvalue weighted by atomic mass is 10.2. The maximum Gasteiger partial charge on any atom is 0.244 e. The molecule has 1 aromatic carbocycles. The molecule has 3 aromatic heterocycles. The third kappa shape index (κ3) is 5.93. The van der Waals surface area contributed by atoms with E-state index in [4.69, 9.17) is 10.4 Å². The minimum atomic E-state index is -0.203. The summed E-state index contributed by atoms with van der Waals surface area (Å²) in [5, 5.41) is 21.8. The van der Waals surface area contributed by atoms with Crippen molar-refractivity contribution in [3.05, 3.63) is 95.1 Å². The van der Waals surface area contributed by atoms with Gasteiger partial charge in [-0.15, -0.1) is 11.3 Å². The molecule has 1 amide bonds. The average molecular weight is 455 g/mol. The molecule has 0 atom stereocenters. The Labute approximate surface area is 196 Å². The third-order valence-corrected chi connectivity index (χ3v) is 5.67. The van der Waals surface area contributed by atoms with Crippen molar-refractivity contribution in [3.8, 4) is 16.6 Å². The number of carbonyl (C=O) groups is 1. The average Bonchev–Trinajstić information content (AvgIpc) is 3.51. The number of anilines is 1. The van der Waals surface area contributed by atoms with E-state index in [1.165, 1.54) is 6.08 Å². The third-order valence-electron chi connectivity index (χ3n) is 4.79. The Kier molecular flexibility index (Phi) is 7.25. The van der Waals surface area contributed by atoms with Gasteiger partial charge in [0, 0.05) is 37.1 Å². The first-order valence-electron chi connectivity index (χ1n) is 10.4. The highest BCUT2D eigenvalue weighted by Crippen LogP contribution is 2.27. The van der Waals surface area contributed by atoms with Gasteiger partial charge < -0.3 is 10.6 Å². The summed E-state index contributed by atoms with van der Waals surface area (Å²) >= 11 is 1.61. The lowest BCUT2D eigenvalue weighted by Crippen LogP contribution is -2.27. The van der Waals surface area contributed by atoms with E-state index in [0.29, 0.717) is 31.0 Å². The number of rotatable bonds is 9. The maximum atomic E-state index is 12.3. The van der Waals surface area contributed by atoms with Crippen LogP contribution in [0.15, 0.2) is 78.4 Å². The largest absolute Gasteiger partial charge is 0.367 e. The van der Waals surface area contributed by atoms with Gasteiger partial charge >= 0.3 is 0 Å². The summed E-state index contributed by atoms with van der Waals surface area (Å²) in [7, 11) is 0. The monoisotopic (exact) mass is 454 g/mol. The molecule has 0 aliphatic heterocycles. The summed E-state index contributed by atoms with van der Waals surface area (Å²) in [6.07, 6.45) is 6.88. The minimum absolute atomic E-state index is 0.203. The number of hydrogen-bond donors (Lipinski definition) is 2. The van der Waals surface area contributed by atoms with Gasteiger partial charge in [-0.1, -0.05) is 36.4 Å². The van der Waals surface area contributed by atoms with Crippen molar-refractivity contribution in [1.29, 1.82) is 5.26 Å². The Morgan fingerprint density at radius 3 is 2.79 bits per heavy atom. The molecule has 4 rings (SSSR count). The second-order valence-corrected chi connectivity index (χ2v) is 8.10. The highest BCUT2D eigenvalue weighted by molar-refractivity contribution is 7.13. The topological polar surface area (TPSA) is 95.6 Å². The number of thiophene rings is 1. The van der Waals surface area contributed by atoms with E-state index in [-0.39, 0.29) is 5.91 Å². The molecule has 164 valence electrons. The number of nitrogens with one attached hydrogen (secondary N) is 2. The first-order valence-corrected chi connectivity index (χ1v) is 11.3. The summed E-state index contributed by atoms with van der Waals surface area (Å²) in [5.74, 6) is 0.308. The summed E-state index contributed by atoms with van der Waals surface area (Å²) in [5.41, 5.74) is 3.36. The lowest BCUT2D eigenvalue weighted by Gasteiger charge is -2.07. The molecule has 7 nitrogen and oxygen atoms in total. The number of amides is 1. The number of hydrogen-bond acceptors (Lipinski definition) is 6. The van der Waals surface area contributed by atoms with Crippen LogP contribution in [0.1, 0.15) is 16.7 Å². The van der Waals surface area contributed by atoms with E-state index < -0.39 is 0 Å². The number of pyridine rings is 1. The van der Waals surface area contributed by atoms with Crippen LogP contribution in [-0.4, -0.2) is 33.8 Å². The van der Waals surface area contributed by atoms with Crippen molar-refractivity contribution < 1.29 is 4.79 Å². The highest BCUT2D eigenvalue weighted by atomic mass is 32.1. The van der Waals surface area contributed by atoms with Gasteiger partial charge in [0.25, 0.3) is 0 Å². The molecule has 2 N–H and O–H groups in total. The van der Waals surface area contributed by atoms with Crippen LogP contribution in [0.4, 0.5) is 5.82 Å². The second kappa shape index (κ2) is 10.9. The molecule has 0 unspecified atom stereocenters. The predicted molar refractivity (Wildman–Crippen MR) is 131 cm³/mol. The molecule has 0 radical (unpaired) electrons. The number of benzene rings is 1. The van der Waals surface area contributed by atoms with E-state index in [1.54, 1.807) is 35.7 Å². The fourth-order valence-electron chi connectivity index (χ4n) is 3.24. The van der Waals surface area contributed by atoms with Crippen LogP contribution < -0.4 is 10.6 Å². The number of nitriles is 1. The molecule has 0 bridgehead atoms. The lowest BCUT2D eigenvalue weighted by molar-refractivity contribution is -0.116. The van der Waals surface area contributed by atoms with Gasteiger partial charge in [0.05, 0.1) is 17.0 Å². The van der Waals surface area contributed by atoms with Crippen LogP contribution in [0.25, 0.3) is 16.6 Å². The van der Waals surface area contributed by atoms with Crippen molar-refractivity contribution >= 4 is 29.1 Å². The van der Waals surface area contributed by atoms with Gasteiger partial charge in [0.15, 0.2) is 0 Å². The van der Waals surface area contributed by atoms with Crippen molar-refractivity contribution in [2.45, 2.75) is 6.54 Å². The zero-order chi connectivity index (χ0) is 22.9. The van der Waals surface area contributed by atoms with Crippen LogP contribution >= 0.6 is 11.3 Å². The van der Waals surface area contributed by atoms with E-state index in [9.17, 15) is 4.79 Å². The summed E-state index contributed by atoms with van der Waals surface area (Å²) < 4.78 is 1.89. The maximum absolute atomic E-state index is 12.3. The van der Waals surface area contributed by atoms with Crippen LogP contribution in [0.2, 0.25) is 0 Å². The van der Waals surface area contributed by atoms with E-state index >= 15 is 0 Å². The molecule has 0 aliphatic rings. The van der Waals surface area contributed by atoms with Crippen LogP contribution in [-0.2, 0) is 11.3 Å². The Morgan fingerprint density at radius 1 is 1.12 bits per heavy atom. The molecule has 4 aromatic rings. The van der Waals surface area contributed by atoms with Crippen LogP contribution in [0.5, 0.6) is 0 Å². The summed E-state index contributed by atoms with van der Waals surface area (Å²) in [6.45, 7) is 1.51. The Bertz CT molecular complexity index is 1270. The molecule has 0 spiro atoms. The van der Waals surface area contributed by atoms with Crippen molar-refractivity contribution in [2.75, 3.05) is 18.4 Å². The molecule has 33 heavy (non-hydrogen) atoms. The first-order chi connectivity index (χ1) is 16.2. The fraction of sp³-hybridized carbons (Fsp3) is 0.120. The smallest absolute Gasteiger partial charge is 0.244 e. The van der Waals surface area contributed by atoms with Gasteiger partial charge in [-0.3, -0.25) is 9.48 Å². The number of carbonyl (C=O) groups excluding carboxylic acids is 1. The van der Waals surface area contributed by atoms with Gasteiger partial charge in [-0.05, 0) is 35.2 Å². The normalized spacial score (nSPS) is 10.8. The quantitative estimate of drug-likeness (QED) is 0.292. The number of aromatic nitrogens is 3. The Hall–Kier alpha value is -4.22. The standard InChI is InChI=1S/C25H22N6OS/c26-16-20-8-4-12-28-25(20)29-14-13-27-23(32)11-10-21-18-31(17-19-6-2-1-3-7-19)30-24(21)22-9-5-15-33-22/h1-12,15,18H,13-14,17H2,(H,27,32)(H,28,29)/b11-10+. The van der Waals surface area contributed by atoms with Crippen molar-refractivity contribution in [1.82, 2.24) is 20.1 Å². The molecule has 8 heteroatoms. The predicted octanol–water partition coefficient (Wildman–Crippen LogP) is 4.17. The molecule has 3 heterocycles. The van der Waals surface area contributed by atoms with E-state index in [2.05, 4.69) is 33.8 Å². The second-order valence-electron chi connectivity index (χ2n) is 7.16. The zero-order valence-corrected chi connectivity index (χ0v) is 18.6. The molecular weight excluding hydrogens is 432 g/mol. The van der Waals surface area contributed by atoms with Crippen molar-refractivity contribution in [2.24, 2.45) is 0 Å². The SMILES string of the molecule is N#Cc1cccnc1NCCNC(=O)/C=C/c1cn(Cc2ccccc2)nc1-c1cccs1. The highest BCUT2D eigenvalue weighted by Gasteiger charge is 2.11. The van der Waals surface area contributed by atoms with Gasteiger partial charge in [0.2, 0.25) is 5.91 Å².